The number of urea groups is 1. The summed E-state index contributed by atoms with van der Waals surface area (Å²) in [6.07, 6.45) is 12.6. The number of amides is 2. The fourth-order valence-electron chi connectivity index (χ4n) is 3.53. The lowest BCUT2D eigenvalue weighted by Crippen LogP contribution is -2.44. The van der Waals surface area contributed by atoms with Crippen LogP contribution in [0.3, 0.4) is 0 Å². The molecular formula is C16H30N2O2. The fourth-order valence-corrected chi connectivity index (χ4v) is 3.53. The largest absolute Gasteiger partial charge is 0.393 e. The van der Waals surface area contributed by atoms with Crippen LogP contribution in [0.25, 0.3) is 0 Å². The maximum atomic E-state index is 11.8. The summed E-state index contributed by atoms with van der Waals surface area (Å²) in [7, 11) is 0. The van der Waals surface area contributed by atoms with E-state index in [0.717, 1.165) is 44.6 Å². The molecule has 0 bridgehead atoms. The molecule has 116 valence electrons. The molecule has 2 aliphatic carbocycles. The molecule has 0 aromatic heterocycles. The minimum atomic E-state index is -0.161. The molecule has 2 rings (SSSR count). The Hall–Kier alpha value is -0.770. The van der Waals surface area contributed by atoms with Crippen molar-refractivity contribution in [2.45, 2.75) is 82.8 Å². The highest BCUT2D eigenvalue weighted by Crippen LogP contribution is 2.26. The Kier molecular flexibility index (Phi) is 6.64. The van der Waals surface area contributed by atoms with Gasteiger partial charge in [0, 0.05) is 12.6 Å². The Morgan fingerprint density at radius 2 is 1.70 bits per heavy atom. The second kappa shape index (κ2) is 8.50. The molecule has 0 aromatic rings. The molecule has 2 saturated carbocycles. The summed E-state index contributed by atoms with van der Waals surface area (Å²) >= 11 is 0. The third-order valence-electron chi connectivity index (χ3n) is 4.83. The molecule has 20 heavy (non-hydrogen) atoms. The standard InChI is InChI=1S/C16H30N2O2/c19-15-10-8-14(9-11-15)18-16(20)17-12-4-7-13-5-2-1-3-6-13/h13-15,19H,1-12H2,(H2,17,18,20). The van der Waals surface area contributed by atoms with Gasteiger partial charge in [0.15, 0.2) is 0 Å². The van der Waals surface area contributed by atoms with Gasteiger partial charge in [0.1, 0.15) is 0 Å². The van der Waals surface area contributed by atoms with Crippen molar-refractivity contribution >= 4 is 6.03 Å². The van der Waals surface area contributed by atoms with Gasteiger partial charge in [-0.05, 0) is 44.4 Å². The lowest BCUT2D eigenvalue weighted by Gasteiger charge is -2.26. The maximum Gasteiger partial charge on any atom is 0.315 e. The zero-order chi connectivity index (χ0) is 14.2. The topological polar surface area (TPSA) is 61.4 Å². The summed E-state index contributed by atoms with van der Waals surface area (Å²) in [6, 6.07) is 0.215. The number of carbonyl (C=O) groups is 1. The lowest BCUT2D eigenvalue weighted by molar-refractivity contribution is 0.117. The van der Waals surface area contributed by atoms with Crippen LogP contribution in [0.4, 0.5) is 4.79 Å². The van der Waals surface area contributed by atoms with Gasteiger partial charge in [-0.15, -0.1) is 0 Å². The van der Waals surface area contributed by atoms with Crippen molar-refractivity contribution in [3.8, 4) is 0 Å². The van der Waals surface area contributed by atoms with Crippen molar-refractivity contribution in [2.75, 3.05) is 6.54 Å². The van der Waals surface area contributed by atoms with Crippen LogP contribution in [0.2, 0.25) is 0 Å². The van der Waals surface area contributed by atoms with Crippen LogP contribution in [0.15, 0.2) is 0 Å². The number of aliphatic hydroxyl groups excluding tert-OH is 1. The summed E-state index contributed by atoms with van der Waals surface area (Å²) in [6.45, 7) is 0.789. The van der Waals surface area contributed by atoms with E-state index in [9.17, 15) is 9.90 Å². The molecule has 0 radical (unpaired) electrons. The molecule has 4 nitrogen and oxygen atoms in total. The smallest absolute Gasteiger partial charge is 0.315 e. The third-order valence-corrected chi connectivity index (χ3v) is 4.83. The number of nitrogens with one attached hydrogen (secondary N) is 2. The van der Waals surface area contributed by atoms with E-state index in [-0.39, 0.29) is 18.2 Å². The van der Waals surface area contributed by atoms with Gasteiger partial charge in [-0.1, -0.05) is 32.1 Å². The molecule has 0 heterocycles. The van der Waals surface area contributed by atoms with Crippen LogP contribution in [0.1, 0.15) is 70.6 Å². The van der Waals surface area contributed by atoms with Crippen molar-refractivity contribution < 1.29 is 9.90 Å². The van der Waals surface area contributed by atoms with Crippen LogP contribution < -0.4 is 10.6 Å². The van der Waals surface area contributed by atoms with Crippen LogP contribution in [0.5, 0.6) is 0 Å². The molecule has 0 atom stereocenters. The van der Waals surface area contributed by atoms with E-state index in [0.29, 0.717) is 0 Å². The van der Waals surface area contributed by atoms with Gasteiger partial charge in [0.25, 0.3) is 0 Å². The summed E-state index contributed by atoms with van der Waals surface area (Å²) in [5.74, 6) is 0.897. The highest BCUT2D eigenvalue weighted by atomic mass is 16.3. The Morgan fingerprint density at radius 3 is 2.40 bits per heavy atom. The van der Waals surface area contributed by atoms with E-state index in [1.807, 2.05) is 0 Å². The Balaban J connectivity index is 1.49. The van der Waals surface area contributed by atoms with Gasteiger partial charge in [0.2, 0.25) is 0 Å². The first-order valence-electron chi connectivity index (χ1n) is 8.46. The number of aliphatic hydroxyl groups is 1. The van der Waals surface area contributed by atoms with E-state index >= 15 is 0 Å². The normalized spacial score (nSPS) is 28.1. The van der Waals surface area contributed by atoms with Gasteiger partial charge in [-0.2, -0.15) is 0 Å². The predicted octanol–water partition coefficient (Wildman–Crippen LogP) is 2.95. The quantitative estimate of drug-likeness (QED) is 0.679. The molecule has 0 spiro atoms. The van der Waals surface area contributed by atoms with E-state index < -0.39 is 0 Å². The van der Waals surface area contributed by atoms with Crippen molar-refractivity contribution in [2.24, 2.45) is 5.92 Å². The van der Waals surface area contributed by atoms with Crippen molar-refractivity contribution in [1.29, 1.82) is 0 Å². The molecular weight excluding hydrogens is 252 g/mol. The number of hydrogen-bond acceptors (Lipinski definition) is 2. The predicted molar refractivity (Wildman–Crippen MR) is 80.6 cm³/mol. The van der Waals surface area contributed by atoms with Gasteiger partial charge in [-0.3, -0.25) is 0 Å². The monoisotopic (exact) mass is 282 g/mol. The van der Waals surface area contributed by atoms with Crippen LogP contribution in [-0.2, 0) is 0 Å². The van der Waals surface area contributed by atoms with Gasteiger partial charge in [0.05, 0.1) is 6.10 Å². The second-order valence-corrected chi connectivity index (χ2v) is 6.55. The van der Waals surface area contributed by atoms with Gasteiger partial charge < -0.3 is 15.7 Å². The molecule has 0 aromatic carbocycles. The second-order valence-electron chi connectivity index (χ2n) is 6.55. The first-order valence-corrected chi connectivity index (χ1v) is 8.46. The zero-order valence-corrected chi connectivity index (χ0v) is 12.6. The highest BCUT2D eigenvalue weighted by Gasteiger charge is 2.20. The first kappa shape index (κ1) is 15.6. The summed E-state index contributed by atoms with van der Waals surface area (Å²) < 4.78 is 0. The SMILES string of the molecule is O=C(NCCCC1CCCCC1)NC1CCC(O)CC1. The van der Waals surface area contributed by atoms with E-state index in [1.165, 1.54) is 38.5 Å². The summed E-state index contributed by atoms with van der Waals surface area (Å²) in [5, 5.41) is 15.4. The molecule has 0 unspecified atom stereocenters. The fraction of sp³-hybridized carbons (Fsp3) is 0.938. The molecule has 4 heteroatoms. The average Bonchev–Trinajstić information content (AvgIpc) is 2.47. The summed E-state index contributed by atoms with van der Waals surface area (Å²) in [5.41, 5.74) is 0. The molecule has 2 aliphatic rings. The summed E-state index contributed by atoms with van der Waals surface area (Å²) in [4.78, 5) is 11.8. The van der Waals surface area contributed by atoms with Crippen LogP contribution in [0, 0.1) is 5.92 Å². The number of hydrogen-bond donors (Lipinski definition) is 3. The lowest BCUT2D eigenvalue weighted by atomic mass is 9.86. The van der Waals surface area contributed by atoms with Crippen molar-refractivity contribution in [3.05, 3.63) is 0 Å². The van der Waals surface area contributed by atoms with Crippen molar-refractivity contribution in [3.63, 3.8) is 0 Å². The minimum absolute atomic E-state index is 0.0324. The Morgan fingerprint density at radius 1 is 1.00 bits per heavy atom. The Bertz CT molecular complexity index is 282. The van der Waals surface area contributed by atoms with E-state index in [4.69, 9.17) is 0 Å². The van der Waals surface area contributed by atoms with Gasteiger partial charge >= 0.3 is 6.03 Å². The maximum absolute atomic E-state index is 11.8. The molecule has 2 fully saturated rings. The van der Waals surface area contributed by atoms with Crippen LogP contribution in [-0.4, -0.2) is 29.8 Å². The highest BCUT2D eigenvalue weighted by molar-refractivity contribution is 5.74. The number of rotatable bonds is 5. The molecule has 0 saturated heterocycles. The zero-order valence-electron chi connectivity index (χ0n) is 12.6. The minimum Gasteiger partial charge on any atom is -0.393 e. The van der Waals surface area contributed by atoms with Gasteiger partial charge in [-0.25, -0.2) is 4.79 Å². The molecule has 0 aliphatic heterocycles. The first-order chi connectivity index (χ1) is 9.74. The van der Waals surface area contributed by atoms with Crippen LogP contribution >= 0.6 is 0 Å². The number of carbonyl (C=O) groups excluding carboxylic acids is 1. The van der Waals surface area contributed by atoms with E-state index in [1.54, 1.807) is 0 Å². The van der Waals surface area contributed by atoms with Crippen molar-refractivity contribution in [1.82, 2.24) is 10.6 Å². The van der Waals surface area contributed by atoms with E-state index in [2.05, 4.69) is 10.6 Å². The molecule has 2 amide bonds. The third kappa shape index (κ3) is 5.70. The Labute approximate surface area is 122 Å². The molecule has 3 N–H and O–H groups in total. The average molecular weight is 282 g/mol.